The fourth-order valence-corrected chi connectivity index (χ4v) is 3.67. The van der Waals surface area contributed by atoms with Crippen molar-refractivity contribution in [3.05, 3.63) is 35.4 Å². The third-order valence-electron chi connectivity index (χ3n) is 5.29. The molecule has 1 aromatic carbocycles. The number of piperazine rings is 1. The normalized spacial score (nSPS) is 18.6. The molecule has 0 aromatic heterocycles. The van der Waals surface area contributed by atoms with Gasteiger partial charge in [0.2, 0.25) is 0 Å². The summed E-state index contributed by atoms with van der Waals surface area (Å²) in [5.41, 5.74) is 2.12. The molecule has 2 heterocycles. The molecule has 3 rings (SSSR count). The standard InChI is InChI=1S/C22H35N5O2.HI/c1-6-25(5)15-18-9-7-8-17(12-18)13-23-20-24-14-19-16-26(10-11-27(19)20)21(28)29-22(2,3)4;/h7-9,12,19H,6,10-11,13-16H2,1-5H3,(H,23,24);1H. The van der Waals surface area contributed by atoms with Gasteiger partial charge in [0.25, 0.3) is 0 Å². The van der Waals surface area contributed by atoms with Gasteiger partial charge in [0.05, 0.1) is 12.6 Å². The number of guanidine groups is 1. The second kappa shape index (κ2) is 10.7. The van der Waals surface area contributed by atoms with E-state index in [1.54, 1.807) is 4.90 Å². The predicted octanol–water partition coefficient (Wildman–Crippen LogP) is 3.14. The SMILES string of the molecule is CCN(C)Cc1cccc(CNC2=NCC3CN(C(=O)OC(C)(C)C)CCN23)c1.I. The smallest absolute Gasteiger partial charge is 0.410 e. The maximum Gasteiger partial charge on any atom is 0.410 e. The Morgan fingerprint density at radius 3 is 2.73 bits per heavy atom. The first-order valence-electron chi connectivity index (χ1n) is 10.5. The minimum absolute atomic E-state index is 0. The highest BCUT2D eigenvalue weighted by atomic mass is 127. The number of carbonyl (C=O) groups excluding carboxylic acids is 1. The van der Waals surface area contributed by atoms with Gasteiger partial charge in [-0.3, -0.25) is 4.99 Å². The zero-order chi connectivity index (χ0) is 21.0. The molecule has 0 saturated carbocycles. The molecule has 2 aliphatic rings. The van der Waals surface area contributed by atoms with Gasteiger partial charge < -0.3 is 24.8 Å². The number of nitrogens with zero attached hydrogens (tertiary/aromatic N) is 4. The van der Waals surface area contributed by atoms with Crippen molar-refractivity contribution in [1.82, 2.24) is 20.0 Å². The lowest BCUT2D eigenvalue weighted by molar-refractivity contribution is 0.0137. The molecule has 0 bridgehead atoms. The summed E-state index contributed by atoms with van der Waals surface area (Å²) in [7, 11) is 2.13. The predicted molar refractivity (Wildman–Crippen MR) is 131 cm³/mol. The summed E-state index contributed by atoms with van der Waals surface area (Å²) in [4.78, 5) is 23.4. The number of hydrogen-bond donors (Lipinski definition) is 1. The molecule has 1 aromatic rings. The van der Waals surface area contributed by atoms with Crippen LogP contribution < -0.4 is 5.32 Å². The summed E-state index contributed by atoms with van der Waals surface area (Å²) < 4.78 is 5.52. The topological polar surface area (TPSA) is 60.4 Å². The highest BCUT2D eigenvalue weighted by molar-refractivity contribution is 14.0. The van der Waals surface area contributed by atoms with Crippen LogP contribution in [0.25, 0.3) is 0 Å². The maximum absolute atomic E-state index is 12.4. The Bertz CT molecular complexity index is 749. The fraction of sp³-hybridized carbons (Fsp3) is 0.636. The molecular formula is C22H36IN5O2. The third kappa shape index (κ3) is 6.73. The van der Waals surface area contributed by atoms with Gasteiger partial charge in [0.1, 0.15) is 5.60 Å². The lowest BCUT2D eigenvalue weighted by Crippen LogP contribution is -2.57. The van der Waals surface area contributed by atoms with Crippen molar-refractivity contribution < 1.29 is 9.53 Å². The van der Waals surface area contributed by atoms with Crippen molar-refractivity contribution in [2.75, 3.05) is 39.8 Å². The highest BCUT2D eigenvalue weighted by Gasteiger charge is 2.36. The van der Waals surface area contributed by atoms with Gasteiger partial charge >= 0.3 is 6.09 Å². The number of carbonyl (C=O) groups is 1. The number of hydrogen-bond acceptors (Lipinski definition) is 6. The van der Waals surface area contributed by atoms with E-state index in [1.165, 1.54) is 11.1 Å². The summed E-state index contributed by atoms with van der Waals surface area (Å²) in [5.74, 6) is 0.940. The van der Waals surface area contributed by atoms with Crippen LogP contribution in [0, 0.1) is 0 Å². The second-order valence-electron chi connectivity index (χ2n) is 8.94. The maximum atomic E-state index is 12.4. The van der Waals surface area contributed by atoms with Crippen molar-refractivity contribution in [3.8, 4) is 0 Å². The van der Waals surface area contributed by atoms with E-state index in [-0.39, 0.29) is 36.1 Å². The highest BCUT2D eigenvalue weighted by Crippen LogP contribution is 2.19. The molecule has 30 heavy (non-hydrogen) atoms. The summed E-state index contributed by atoms with van der Waals surface area (Å²) in [6, 6.07) is 8.93. The number of nitrogens with one attached hydrogen (secondary N) is 1. The van der Waals surface area contributed by atoms with Gasteiger partial charge in [-0.1, -0.05) is 31.2 Å². The molecule has 1 N–H and O–H groups in total. The summed E-state index contributed by atoms with van der Waals surface area (Å²) in [6.45, 7) is 13.4. The van der Waals surface area contributed by atoms with Gasteiger partial charge in [-0.15, -0.1) is 24.0 Å². The molecule has 168 valence electrons. The number of aliphatic imine (C=N–C) groups is 1. The average Bonchev–Trinajstić information content (AvgIpc) is 3.07. The van der Waals surface area contributed by atoms with Crippen LogP contribution in [0.3, 0.4) is 0 Å². The number of halogens is 1. The summed E-state index contributed by atoms with van der Waals surface area (Å²) in [5, 5.41) is 3.50. The molecule has 0 spiro atoms. The van der Waals surface area contributed by atoms with Crippen LogP contribution >= 0.6 is 24.0 Å². The van der Waals surface area contributed by atoms with E-state index in [1.807, 2.05) is 20.8 Å². The molecule has 2 aliphatic heterocycles. The van der Waals surface area contributed by atoms with Crippen molar-refractivity contribution >= 4 is 36.0 Å². The largest absolute Gasteiger partial charge is 0.444 e. The number of amides is 1. The number of fused-ring (bicyclic) bond motifs is 1. The van der Waals surface area contributed by atoms with E-state index < -0.39 is 5.60 Å². The number of benzene rings is 1. The van der Waals surface area contributed by atoms with Crippen LogP contribution in [0.4, 0.5) is 4.79 Å². The molecule has 0 aliphatic carbocycles. The molecule has 1 unspecified atom stereocenters. The summed E-state index contributed by atoms with van der Waals surface area (Å²) >= 11 is 0. The van der Waals surface area contributed by atoms with Crippen LogP contribution in [0.15, 0.2) is 29.3 Å². The van der Waals surface area contributed by atoms with E-state index in [4.69, 9.17) is 9.73 Å². The zero-order valence-electron chi connectivity index (χ0n) is 18.9. The van der Waals surface area contributed by atoms with Crippen LogP contribution in [-0.4, -0.2) is 78.2 Å². The molecule has 8 heteroatoms. The average molecular weight is 529 g/mol. The molecular weight excluding hydrogens is 493 g/mol. The molecule has 1 fully saturated rings. The monoisotopic (exact) mass is 529 g/mol. The number of ether oxygens (including phenoxy) is 1. The van der Waals surface area contributed by atoms with Gasteiger partial charge in [-0.05, 0) is 45.5 Å². The lowest BCUT2D eigenvalue weighted by atomic mass is 10.1. The van der Waals surface area contributed by atoms with Crippen LogP contribution in [0.5, 0.6) is 0 Å². The molecule has 1 atom stereocenters. The van der Waals surface area contributed by atoms with Gasteiger partial charge in [-0.2, -0.15) is 0 Å². The Morgan fingerprint density at radius 2 is 2.03 bits per heavy atom. The Labute approximate surface area is 197 Å². The summed E-state index contributed by atoms with van der Waals surface area (Å²) in [6.07, 6.45) is -0.229. The van der Waals surface area contributed by atoms with Gasteiger partial charge in [0, 0.05) is 32.7 Å². The minimum Gasteiger partial charge on any atom is -0.444 e. The van der Waals surface area contributed by atoms with E-state index >= 15 is 0 Å². The van der Waals surface area contributed by atoms with E-state index in [2.05, 4.69) is 53.4 Å². The van der Waals surface area contributed by atoms with Crippen LogP contribution in [-0.2, 0) is 17.8 Å². The van der Waals surface area contributed by atoms with Crippen LogP contribution in [0.1, 0.15) is 38.8 Å². The van der Waals surface area contributed by atoms with E-state index in [0.29, 0.717) is 19.6 Å². The second-order valence-corrected chi connectivity index (χ2v) is 8.94. The first-order valence-corrected chi connectivity index (χ1v) is 10.5. The van der Waals surface area contributed by atoms with Gasteiger partial charge in [-0.25, -0.2) is 4.79 Å². The lowest BCUT2D eigenvalue weighted by Gasteiger charge is -2.39. The first kappa shape index (κ1) is 24.7. The van der Waals surface area contributed by atoms with Crippen LogP contribution in [0.2, 0.25) is 0 Å². The minimum atomic E-state index is -0.465. The van der Waals surface area contributed by atoms with Crippen molar-refractivity contribution in [2.45, 2.75) is 52.4 Å². The number of rotatable bonds is 5. The van der Waals surface area contributed by atoms with E-state index in [0.717, 1.165) is 32.1 Å². The Kier molecular flexibility index (Phi) is 8.78. The Morgan fingerprint density at radius 1 is 1.30 bits per heavy atom. The van der Waals surface area contributed by atoms with Crippen molar-refractivity contribution in [3.63, 3.8) is 0 Å². The molecule has 0 radical (unpaired) electrons. The van der Waals surface area contributed by atoms with Crippen molar-refractivity contribution in [1.29, 1.82) is 0 Å². The van der Waals surface area contributed by atoms with E-state index in [9.17, 15) is 4.79 Å². The fourth-order valence-electron chi connectivity index (χ4n) is 3.67. The van der Waals surface area contributed by atoms with Crippen molar-refractivity contribution in [2.24, 2.45) is 4.99 Å². The van der Waals surface area contributed by atoms with Gasteiger partial charge in [0.15, 0.2) is 5.96 Å². The molecule has 1 saturated heterocycles. The Hall–Kier alpha value is -1.55. The first-order chi connectivity index (χ1) is 13.7. The quantitative estimate of drug-likeness (QED) is 0.595. The Balaban J connectivity index is 0.00000320. The molecule has 7 nitrogen and oxygen atoms in total. The molecule has 1 amide bonds. The third-order valence-corrected chi connectivity index (χ3v) is 5.29. The zero-order valence-corrected chi connectivity index (χ0v) is 21.2.